The Labute approximate surface area is 220 Å². The van der Waals surface area contributed by atoms with Crippen LogP contribution in [-0.2, 0) is 9.47 Å². The van der Waals surface area contributed by atoms with E-state index < -0.39 is 0 Å². The maximum absolute atomic E-state index is 13.7. The zero-order chi connectivity index (χ0) is 26.8. The van der Waals surface area contributed by atoms with Crippen LogP contribution in [0.3, 0.4) is 0 Å². The topological polar surface area (TPSA) is 110 Å². The summed E-state index contributed by atoms with van der Waals surface area (Å²) >= 11 is 0. The number of aliphatic hydroxyl groups is 1. The number of nitrogens with zero attached hydrogens (tertiary/aromatic N) is 2. The minimum Gasteiger partial charge on any atom is -0.493 e. The lowest BCUT2D eigenvalue weighted by molar-refractivity contribution is 0.0614. The Morgan fingerprint density at radius 2 is 1.78 bits per heavy atom. The third-order valence-electron chi connectivity index (χ3n) is 6.93. The summed E-state index contributed by atoms with van der Waals surface area (Å²) in [4.78, 5) is 29.9. The van der Waals surface area contributed by atoms with Crippen LogP contribution in [-0.4, -0.2) is 106 Å². The van der Waals surface area contributed by atoms with E-state index in [9.17, 15) is 9.59 Å². The third kappa shape index (κ3) is 8.21. The normalized spacial score (nSPS) is 19.1. The number of carbonyl (C=O) groups is 2. The summed E-state index contributed by atoms with van der Waals surface area (Å²) in [5.41, 5.74) is 0.547. The van der Waals surface area contributed by atoms with Crippen molar-refractivity contribution in [3.63, 3.8) is 0 Å². The fourth-order valence-corrected chi connectivity index (χ4v) is 4.70. The van der Waals surface area contributed by atoms with Gasteiger partial charge in [-0.1, -0.05) is 0 Å². The fourth-order valence-electron chi connectivity index (χ4n) is 4.70. The van der Waals surface area contributed by atoms with Gasteiger partial charge in [-0.3, -0.25) is 4.79 Å². The molecule has 1 aromatic carbocycles. The number of methoxy groups -OCH3 is 2. The molecular formula is C27H43N3O7. The van der Waals surface area contributed by atoms with E-state index in [2.05, 4.69) is 5.32 Å². The Hall–Kier alpha value is -2.56. The van der Waals surface area contributed by atoms with Gasteiger partial charge in [0, 0.05) is 64.0 Å². The highest BCUT2D eigenvalue weighted by molar-refractivity contribution is 5.95. The van der Waals surface area contributed by atoms with Crippen LogP contribution in [0, 0.1) is 11.8 Å². The largest absolute Gasteiger partial charge is 0.493 e. The van der Waals surface area contributed by atoms with Crippen molar-refractivity contribution in [3.05, 3.63) is 23.8 Å². The maximum atomic E-state index is 13.7. The van der Waals surface area contributed by atoms with E-state index in [-0.39, 0.29) is 49.1 Å². The molecular weight excluding hydrogens is 478 g/mol. The lowest BCUT2D eigenvalue weighted by Crippen LogP contribution is -2.45. The molecule has 208 valence electrons. The van der Waals surface area contributed by atoms with Crippen LogP contribution in [0.15, 0.2) is 18.2 Å². The molecule has 2 atom stereocenters. The summed E-state index contributed by atoms with van der Waals surface area (Å²) in [5, 5.41) is 12.5. The highest BCUT2D eigenvalue weighted by Crippen LogP contribution is 2.32. The number of nitrogens with one attached hydrogen (secondary N) is 1. The highest BCUT2D eigenvalue weighted by atomic mass is 16.6. The SMILES string of the molecule is COCCCOc1cc(C(=O)N(C[C@@H]2CNC[C@H]2CN(C(=O)OCCO)C2CC2)C(C)C)ccc1OC. The summed E-state index contributed by atoms with van der Waals surface area (Å²) in [6.45, 7) is 7.62. The number of hydrogen-bond donors (Lipinski definition) is 2. The second-order valence-electron chi connectivity index (χ2n) is 10.0. The van der Waals surface area contributed by atoms with Crippen LogP contribution in [0.5, 0.6) is 11.5 Å². The van der Waals surface area contributed by atoms with Gasteiger partial charge in [-0.05, 0) is 56.7 Å². The van der Waals surface area contributed by atoms with Gasteiger partial charge >= 0.3 is 6.09 Å². The number of rotatable bonds is 15. The zero-order valence-corrected chi connectivity index (χ0v) is 22.6. The van der Waals surface area contributed by atoms with Crippen LogP contribution in [0.4, 0.5) is 4.79 Å². The molecule has 2 N–H and O–H groups in total. The highest BCUT2D eigenvalue weighted by Gasteiger charge is 2.39. The van der Waals surface area contributed by atoms with Crippen molar-refractivity contribution in [3.8, 4) is 11.5 Å². The quantitative estimate of drug-likeness (QED) is 0.339. The van der Waals surface area contributed by atoms with Crippen LogP contribution in [0.25, 0.3) is 0 Å². The Kier molecular flexibility index (Phi) is 11.3. The van der Waals surface area contributed by atoms with E-state index in [4.69, 9.17) is 24.1 Å². The van der Waals surface area contributed by atoms with Gasteiger partial charge < -0.3 is 39.2 Å². The summed E-state index contributed by atoms with van der Waals surface area (Å²) in [6, 6.07) is 5.49. The molecule has 1 heterocycles. The minimum atomic E-state index is -0.366. The number of ether oxygens (including phenoxy) is 4. The molecule has 2 fully saturated rings. The fraction of sp³-hybridized carbons (Fsp3) is 0.704. The lowest BCUT2D eigenvalue weighted by atomic mass is 9.94. The van der Waals surface area contributed by atoms with Crippen LogP contribution in [0.1, 0.15) is 43.5 Å². The van der Waals surface area contributed by atoms with Crippen molar-refractivity contribution in [2.45, 2.75) is 45.2 Å². The molecule has 1 aliphatic carbocycles. The first kappa shape index (κ1) is 29.0. The minimum absolute atomic E-state index is 0.00372. The first-order chi connectivity index (χ1) is 17.9. The molecule has 10 nitrogen and oxygen atoms in total. The summed E-state index contributed by atoms with van der Waals surface area (Å²) in [5.74, 6) is 1.45. The van der Waals surface area contributed by atoms with Crippen molar-refractivity contribution in [1.29, 1.82) is 0 Å². The van der Waals surface area contributed by atoms with Crippen molar-refractivity contribution in [2.24, 2.45) is 11.8 Å². The standard InChI is InChI=1S/C27H43N3O7/c1-19(2)29(26(32)20-6-9-24(35-4)25(14-20)36-12-5-11-34-3)17-21-15-28-16-22(21)18-30(23-7-8-23)27(33)37-13-10-31/h6,9,14,19,21-23,28,31H,5,7-8,10-13,15-18H2,1-4H3/t21-,22-/m0/s1. The second kappa shape index (κ2) is 14.4. The average Bonchev–Trinajstić information content (AvgIpc) is 3.64. The van der Waals surface area contributed by atoms with Crippen LogP contribution in [0.2, 0.25) is 0 Å². The molecule has 10 heteroatoms. The Bertz CT molecular complexity index is 878. The van der Waals surface area contributed by atoms with Gasteiger partial charge in [0.2, 0.25) is 0 Å². The smallest absolute Gasteiger partial charge is 0.410 e. The number of benzene rings is 1. The van der Waals surface area contributed by atoms with Crippen molar-refractivity contribution in [2.75, 3.05) is 66.8 Å². The van der Waals surface area contributed by atoms with Crippen molar-refractivity contribution in [1.82, 2.24) is 15.1 Å². The maximum Gasteiger partial charge on any atom is 0.410 e. The summed E-state index contributed by atoms with van der Waals surface area (Å²) < 4.78 is 21.6. The first-order valence-corrected chi connectivity index (χ1v) is 13.2. The van der Waals surface area contributed by atoms with Gasteiger partial charge in [0.15, 0.2) is 11.5 Å². The molecule has 0 spiro atoms. The van der Waals surface area contributed by atoms with E-state index in [0.717, 1.165) is 32.4 Å². The molecule has 0 radical (unpaired) electrons. The first-order valence-electron chi connectivity index (χ1n) is 13.2. The molecule has 0 bridgehead atoms. The van der Waals surface area contributed by atoms with E-state index in [0.29, 0.717) is 43.4 Å². The van der Waals surface area contributed by atoms with Gasteiger partial charge in [-0.25, -0.2) is 4.79 Å². The molecule has 1 aliphatic heterocycles. The molecule has 0 aromatic heterocycles. The molecule has 3 rings (SSSR count). The Balaban J connectivity index is 1.69. The van der Waals surface area contributed by atoms with Gasteiger partial charge in [0.25, 0.3) is 5.91 Å². The van der Waals surface area contributed by atoms with E-state index in [1.807, 2.05) is 18.7 Å². The predicted molar refractivity (Wildman–Crippen MR) is 139 cm³/mol. The number of aliphatic hydroxyl groups excluding tert-OH is 1. The molecule has 2 aliphatic rings. The number of amides is 2. The zero-order valence-electron chi connectivity index (χ0n) is 22.6. The summed E-state index contributed by atoms with van der Waals surface area (Å²) in [7, 11) is 3.23. The van der Waals surface area contributed by atoms with Crippen LogP contribution < -0.4 is 14.8 Å². The van der Waals surface area contributed by atoms with Gasteiger partial charge in [-0.2, -0.15) is 0 Å². The lowest BCUT2D eigenvalue weighted by Gasteiger charge is -2.33. The Morgan fingerprint density at radius 3 is 2.41 bits per heavy atom. The monoisotopic (exact) mass is 521 g/mol. The van der Waals surface area contributed by atoms with Crippen molar-refractivity contribution < 1.29 is 33.6 Å². The molecule has 0 unspecified atom stereocenters. The summed E-state index contributed by atoms with van der Waals surface area (Å²) in [6.07, 6.45) is 2.32. The van der Waals surface area contributed by atoms with Crippen molar-refractivity contribution >= 4 is 12.0 Å². The van der Waals surface area contributed by atoms with Gasteiger partial charge in [0.1, 0.15) is 6.61 Å². The third-order valence-corrected chi connectivity index (χ3v) is 6.93. The average molecular weight is 522 g/mol. The Morgan fingerprint density at radius 1 is 1.05 bits per heavy atom. The molecule has 37 heavy (non-hydrogen) atoms. The molecule has 1 saturated carbocycles. The van der Waals surface area contributed by atoms with E-state index in [1.54, 1.807) is 37.3 Å². The number of carbonyl (C=O) groups excluding carboxylic acids is 2. The van der Waals surface area contributed by atoms with E-state index in [1.165, 1.54) is 0 Å². The molecule has 2 amide bonds. The van der Waals surface area contributed by atoms with Crippen LogP contribution >= 0.6 is 0 Å². The number of hydrogen-bond acceptors (Lipinski definition) is 8. The molecule has 1 saturated heterocycles. The van der Waals surface area contributed by atoms with E-state index >= 15 is 0 Å². The molecule has 1 aromatic rings. The van der Waals surface area contributed by atoms with Gasteiger partial charge in [-0.15, -0.1) is 0 Å². The predicted octanol–water partition coefficient (Wildman–Crippen LogP) is 2.39. The van der Waals surface area contributed by atoms with Gasteiger partial charge in [0.05, 0.1) is 20.3 Å². The second-order valence-corrected chi connectivity index (χ2v) is 10.0.